The Hall–Kier alpha value is -0.900. The zero-order valence-corrected chi connectivity index (χ0v) is 13.7. The number of benzene rings is 1. The maximum absolute atomic E-state index is 9.04. The largest absolute Gasteiger partial charge is 0.396 e. The van der Waals surface area contributed by atoms with E-state index in [1.165, 1.54) is 29.7 Å². The van der Waals surface area contributed by atoms with Crippen molar-refractivity contribution in [3.8, 4) is 0 Å². The molecule has 3 nitrogen and oxygen atoms in total. The molecule has 1 aliphatic rings. The minimum atomic E-state index is 0.334. The highest BCUT2D eigenvalue weighted by molar-refractivity contribution is 5.30. The van der Waals surface area contributed by atoms with Gasteiger partial charge in [0, 0.05) is 19.2 Å². The highest BCUT2D eigenvalue weighted by Crippen LogP contribution is 2.23. The summed E-state index contributed by atoms with van der Waals surface area (Å²) in [6, 6.07) is 7.26. The summed E-state index contributed by atoms with van der Waals surface area (Å²) in [4.78, 5) is 2.55. The van der Waals surface area contributed by atoms with Gasteiger partial charge in [-0.15, -0.1) is 0 Å². The number of aryl methyl sites for hydroxylation is 2. The first-order chi connectivity index (χ1) is 10.1. The van der Waals surface area contributed by atoms with Crippen LogP contribution in [0.15, 0.2) is 18.2 Å². The number of nitrogens with zero attached hydrogens (tertiary/aromatic N) is 1. The number of aliphatic hydroxyl groups excluding tert-OH is 1. The topological polar surface area (TPSA) is 35.5 Å². The maximum atomic E-state index is 9.04. The van der Waals surface area contributed by atoms with Crippen LogP contribution in [0.4, 0.5) is 0 Å². The van der Waals surface area contributed by atoms with Crippen molar-refractivity contribution in [2.75, 3.05) is 33.3 Å². The van der Waals surface area contributed by atoms with Gasteiger partial charge in [0.25, 0.3) is 0 Å². The molecule has 1 aromatic rings. The van der Waals surface area contributed by atoms with E-state index in [4.69, 9.17) is 5.11 Å². The summed E-state index contributed by atoms with van der Waals surface area (Å²) in [5, 5.41) is 12.5. The van der Waals surface area contributed by atoms with Crippen LogP contribution in [0.25, 0.3) is 0 Å². The molecule has 0 amide bonds. The van der Waals surface area contributed by atoms with Crippen LogP contribution in [0.5, 0.6) is 0 Å². The van der Waals surface area contributed by atoms with E-state index in [1.807, 2.05) is 0 Å². The molecule has 0 aliphatic carbocycles. The number of hydrogen-bond donors (Lipinski definition) is 2. The minimum absolute atomic E-state index is 0.334. The van der Waals surface area contributed by atoms with Crippen molar-refractivity contribution in [2.45, 2.75) is 39.2 Å². The van der Waals surface area contributed by atoms with E-state index in [1.54, 1.807) is 0 Å². The molecule has 2 rings (SSSR count). The van der Waals surface area contributed by atoms with Gasteiger partial charge >= 0.3 is 0 Å². The van der Waals surface area contributed by atoms with E-state index in [9.17, 15) is 0 Å². The first-order valence-electron chi connectivity index (χ1n) is 8.21. The Labute approximate surface area is 129 Å². The summed E-state index contributed by atoms with van der Waals surface area (Å²) in [7, 11) is 2.06. The first kappa shape index (κ1) is 16.5. The predicted molar refractivity (Wildman–Crippen MR) is 88.6 cm³/mol. The summed E-state index contributed by atoms with van der Waals surface area (Å²) in [5.41, 5.74) is 4.09. The molecule has 0 saturated carbocycles. The van der Waals surface area contributed by atoms with Gasteiger partial charge in [0.2, 0.25) is 0 Å². The molecule has 1 aromatic carbocycles. The van der Waals surface area contributed by atoms with E-state index in [-0.39, 0.29) is 0 Å². The molecule has 0 aromatic heterocycles. The standard InChI is InChI=1S/C18H30N2O/c1-14-10-15(2)12-17(11-14)18(19-3)5-8-20-7-4-16(13-20)6-9-21/h10-12,16,18-19,21H,4-9,13H2,1-3H3. The summed E-state index contributed by atoms with van der Waals surface area (Å²) >= 11 is 0. The molecule has 1 saturated heterocycles. The molecular formula is C18H30N2O. The molecule has 1 fully saturated rings. The van der Waals surface area contributed by atoms with Crippen LogP contribution in [0, 0.1) is 19.8 Å². The molecular weight excluding hydrogens is 260 g/mol. The van der Waals surface area contributed by atoms with Crippen LogP contribution in [0.3, 0.4) is 0 Å². The van der Waals surface area contributed by atoms with Crippen LogP contribution >= 0.6 is 0 Å². The molecule has 0 radical (unpaired) electrons. The lowest BCUT2D eigenvalue weighted by atomic mass is 9.99. The van der Waals surface area contributed by atoms with Gasteiger partial charge in [-0.2, -0.15) is 0 Å². The first-order valence-corrected chi connectivity index (χ1v) is 8.21. The van der Waals surface area contributed by atoms with Crippen molar-refractivity contribution in [2.24, 2.45) is 5.92 Å². The zero-order valence-electron chi connectivity index (χ0n) is 13.7. The summed E-state index contributed by atoms with van der Waals surface area (Å²) < 4.78 is 0. The Balaban J connectivity index is 1.88. The zero-order chi connectivity index (χ0) is 15.2. The average molecular weight is 290 g/mol. The lowest BCUT2D eigenvalue weighted by Gasteiger charge is -2.22. The van der Waals surface area contributed by atoms with E-state index >= 15 is 0 Å². The van der Waals surface area contributed by atoms with Crippen molar-refractivity contribution in [3.63, 3.8) is 0 Å². The Kier molecular flexibility index (Phi) is 6.22. The van der Waals surface area contributed by atoms with E-state index in [2.05, 4.69) is 49.3 Å². The van der Waals surface area contributed by atoms with E-state index in [0.717, 1.165) is 25.9 Å². The molecule has 1 aliphatic heterocycles. The molecule has 0 spiro atoms. The molecule has 3 heteroatoms. The fraction of sp³-hybridized carbons (Fsp3) is 0.667. The third-order valence-corrected chi connectivity index (χ3v) is 4.64. The summed E-state index contributed by atoms with van der Waals surface area (Å²) in [5.74, 6) is 0.698. The molecule has 1 heterocycles. The van der Waals surface area contributed by atoms with Gasteiger partial charge < -0.3 is 15.3 Å². The number of likely N-dealkylation sites (tertiary alicyclic amines) is 1. The van der Waals surface area contributed by atoms with Crippen LogP contribution in [0.1, 0.15) is 42.0 Å². The quantitative estimate of drug-likeness (QED) is 0.810. The SMILES string of the molecule is CNC(CCN1CCC(CCO)C1)c1cc(C)cc(C)c1. The second-order valence-electron chi connectivity index (χ2n) is 6.52. The average Bonchev–Trinajstić information content (AvgIpc) is 2.86. The van der Waals surface area contributed by atoms with Crippen LogP contribution in [-0.4, -0.2) is 43.3 Å². The molecule has 21 heavy (non-hydrogen) atoms. The second kappa shape index (κ2) is 7.92. The Morgan fingerprint density at radius 2 is 2.00 bits per heavy atom. The van der Waals surface area contributed by atoms with Crippen LogP contribution < -0.4 is 5.32 Å². The Morgan fingerprint density at radius 1 is 1.29 bits per heavy atom. The second-order valence-corrected chi connectivity index (χ2v) is 6.52. The smallest absolute Gasteiger partial charge is 0.0434 e. The van der Waals surface area contributed by atoms with E-state index in [0.29, 0.717) is 18.6 Å². The van der Waals surface area contributed by atoms with Gasteiger partial charge in [0.15, 0.2) is 0 Å². The number of hydrogen-bond acceptors (Lipinski definition) is 3. The molecule has 118 valence electrons. The normalized spacial score (nSPS) is 20.9. The Morgan fingerprint density at radius 3 is 2.62 bits per heavy atom. The third kappa shape index (κ3) is 4.80. The van der Waals surface area contributed by atoms with Gasteiger partial charge in [0.1, 0.15) is 0 Å². The molecule has 2 N–H and O–H groups in total. The highest BCUT2D eigenvalue weighted by atomic mass is 16.3. The summed E-state index contributed by atoms with van der Waals surface area (Å²) in [6.07, 6.45) is 3.35. The highest BCUT2D eigenvalue weighted by Gasteiger charge is 2.22. The molecule has 2 atom stereocenters. The van der Waals surface area contributed by atoms with Crippen LogP contribution in [-0.2, 0) is 0 Å². The fourth-order valence-electron chi connectivity index (χ4n) is 3.53. The van der Waals surface area contributed by atoms with Crippen molar-refractivity contribution < 1.29 is 5.11 Å². The van der Waals surface area contributed by atoms with Crippen molar-refractivity contribution in [1.82, 2.24) is 10.2 Å². The lowest BCUT2D eigenvalue weighted by Crippen LogP contribution is -2.27. The third-order valence-electron chi connectivity index (χ3n) is 4.64. The maximum Gasteiger partial charge on any atom is 0.0434 e. The van der Waals surface area contributed by atoms with E-state index < -0.39 is 0 Å². The van der Waals surface area contributed by atoms with Gasteiger partial charge in [0.05, 0.1) is 0 Å². The number of aliphatic hydroxyl groups is 1. The van der Waals surface area contributed by atoms with Crippen molar-refractivity contribution >= 4 is 0 Å². The Bertz CT molecular complexity index is 427. The van der Waals surface area contributed by atoms with Gasteiger partial charge in [-0.05, 0) is 64.7 Å². The summed E-state index contributed by atoms with van der Waals surface area (Å²) in [6.45, 7) is 8.16. The number of rotatable bonds is 7. The predicted octanol–water partition coefficient (Wildman–Crippen LogP) is 2.66. The lowest BCUT2D eigenvalue weighted by molar-refractivity contribution is 0.248. The van der Waals surface area contributed by atoms with Gasteiger partial charge in [-0.3, -0.25) is 0 Å². The number of nitrogens with one attached hydrogen (secondary N) is 1. The molecule has 0 bridgehead atoms. The van der Waals surface area contributed by atoms with Gasteiger partial charge in [-0.1, -0.05) is 29.3 Å². The van der Waals surface area contributed by atoms with Crippen molar-refractivity contribution in [3.05, 3.63) is 34.9 Å². The van der Waals surface area contributed by atoms with Crippen LogP contribution in [0.2, 0.25) is 0 Å². The molecule has 2 unspecified atom stereocenters. The fourth-order valence-corrected chi connectivity index (χ4v) is 3.53. The minimum Gasteiger partial charge on any atom is -0.396 e. The monoisotopic (exact) mass is 290 g/mol. The van der Waals surface area contributed by atoms with Gasteiger partial charge in [-0.25, -0.2) is 0 Å². The van der Waals surface area contributed by atoms with Crippen molar-refractivity contribution in [1.29, 1.82) is 0 Å².